The molecule has 3 aromatic rings. The van der Waals surface area contributed by atoms with Gasteiger partial charge in [0.25, 0.3) is 0 Å². The van der Waals surface area contributed by atoms with E-state index >= 15 is 0 Å². The second kappa shape index (κ2) is 7.42. The van der Waals surface area contributed by atoms with Gasteiger partial charge in [-0.05, 0) is 18.1 Å². The number of carbonyl (C=O) groups excluding carboxylic acids is 2. The third-order valence-corrected chi connectivity index (χ3v) is 6.77. The van der Waals surface area contributed by atoms with E-state index in [0.29, 0.717) is 11.1 Å². The molecule has 1 aromatic heterocycles. The van der Waals surface area contributed by atoms with Crippen LogP contribution in [0, 0.1) is 12.8 Å². The zero-order valence-corrected chi connectivity index (χ0v) is 18.4. The molecule has 0 amide bonds. The first-order valence-corrected chi connectivity index (χ1v) is 10.6. The van der Waals surface area contributed by atoms with Crippen LogP contribution < -0.4 is 9.47 Å². The third kappa shape index (κ3) is 2.63. The minimum atomic E-state index is -2.22. The van der Waals surface area contributed by atoms with E-state index in [1.807, 2.05) is 61.5 Å². The number of fused-ring (bicyclic) bond motifs is 3. The Morgan fingerprint density at radius 2 is 1.76 bits per heavy atom. The predicted molar refractivity (Wildman–Crippen MR) is 118 cm³/mol. The molecule has 1 saturated carbocycles. The molecule has 1 N–H and O–H groups in total. The number of aliphatic hydroxyl groups is 1. The fourth-order valence-electron chi connectivity index (χ4n) is 5.36. The largest absolute Gasteiger partial charge is 0.495 e. The van der Waals surface area contributed by atoms with Crippen molar-refractivity contribution in [2.45, 2.75) is 24.0 Å². The van der Waals surface area contributed by atoms with Gasteiger partial charge in [-0.15, -0.1) is 0 Å². The van der Waals surface area contributed by atoms with E-state index in [2.05, 4.69) is 4.98 Å². The molecule has 0 unspecified atom stereocenters. The highest BCUT2D eigenvalue weighted by molar-refractivity contribution is 6.09. The summed E-state index contributed by atoms with van der Waals surface area (Å²) < 4.78 is 17.0. The van der Waals surface area contributed by atoms with Gasteiger partial charge in [0.05, 0.1) is 38.1 Å². The van der Waals surface area contributed by atoms with Crippen LogP contribution in [-0.4, -0.2) is 36.1 Å². The van der Waals surface area contributed by atoms with Gasteiger partial charge in [0.15, 0.2) is 11.4 Å². The fourth-order valence-corrected chi connectivity index (χ4v) is 5.36. The number of nitrogens with zero attached hydrogens (tertiary/aromatic N) is 1. The first-order chi connectivity index (χ1) is 15.9. The summed E-state index contributed by atoms with van der Waals surface area (Å²) in [6.45, 7) is 1.94. The molecule has 0 saturated heterocycles. The Morgan fingerprint density at radius 1 is 1.06 bits per heavy atom. The summed E-state index contributed by atoms with van der Waals surface area (Å²) in [7, 11) is 2.66. The Balaban J connectivity index is 1.90. The summed E-state index contributed by atoms with van der Waals surface area (Å²) >= 11 is 0. The average Bonchev–Trinajstić information content (AvgIpc) is 3.22. The maximum atomic E-state index is 14.1. The highest BCUT2D eigenvalue weighted by Gasteiger charge is 2.78. The van der Waals surface area contributed by atoms with E-state index in [0.717, 1.165) is 5.56 Å². The topological polar surface area (TPSA) is 95.0 Å². The minimum Gasteiger partial charge on any atom is -0.495 e. The van der Waals surface area contributed by atoms with E-state index in [1.165, 1.54) is 26.6 Å². The van der Waals surface area contributed by atoms with Crippen LogP contribution in [0.1, 0.15) is 28.2 Å². The van der Waals surface area contributed by atoms with Gasteiger partial charge in [-0.25, -0.2) is 0 Å². The summed E-state index contributed by atoms with van der Waals surface area (Å²) in [4.78, 5) is 31.2. The van der Waals surface area contributed by atoms with E-state index in [1.54, 1.807) is 0 Å². The quantitative estimate of drug-likeness (QED) is 0.487. The standard InChI is InChI=1S/C26H23NO6/c1-15-9-11-17(12-10-15)26-21(16-7-5-4-6-8-16)20(24(29)32-3)23(28)25(26,30)22-18(31-2)13-27-14-19(22)33-26/h4-14,20-21,30H,1-3H3/t20-,21-,25+,26+/m1/s1. The van der Waals surface area contributed by atoms with Crippen molar-refractivity contribution < 1.29 is 28.9 Å². The number of ether oxygens (including phenoxy) is 3. The van der Waals surface area contributed by atoms with E-state index in [9.17, 15) is 14.7 Å². The van der Waals surface area contributed by atoms with Crippen LogP contribution in [-0.2, 0) is 25.5 Å². The van der Waals surface area contributed by atoms with Crippen LogP contribution in [0.2, 0.25) is 0 Å². The smallest absolute Gasteiger partial charge is 0.317 e. The molecule has 0 radical (unpaired) electrons. The van der Waals surface area contributed by atoms with Crippen molar-refractivity contribution in [2.24, 2.45) is 5.92 Å². The Labute approximate surface area is 190 Å². The lowest BCUT2D eigenvalue weighted by Crippen LogP contribution is -2.50. The summed E-state index contributed by atoms with van der Waals surface area (Å²) in [5, 5.41) is 12.4. The molecule has 1 aliphatic carbocycles. The number of pyridine rings is 1. The molecule has 33 heavy (non-hydrogen) atoms. The molecule has 5 rings (SSSR count). The molecule has 168 valence electrons. The summed E-state index contributed by atoms with van der Waals surface area (Å²) in [5.41, 5.74) is -1.47. The van der Waals surface area contributed by atoms with Crippen LogP contribution in [0.5, 0.6) is 11.5 Å². The Kier molecular flexibility index (Phi) is 4.76. The van der Waals surface area contributed by atoms with Gasteiger partial charge in [-0.2, -0.15) is 0 Å². The normalized spacial score (nSPS) is 27.5. The first-order valence-electron chi connectivity index (χ1n) is 10.6. The van der Waals surface area contributed by atoms with E-state index in [-0.39, 0.29) is 17.1 Å². The monoisotopic (exact) mass is 445 g/mol. The lowest BCUT2D eigenvalue weighted by molar-refractivity contribution is -0.155. The highest BCUT2D eigenvalue weighted by atomic mass is 16.5. The molecule has 7 nitrogen and oxygen atoms in total. The molecule has 1 aliphatic heterocycles. The van der Waals surface area contributed by atoms with Crippen LogP contribution >= 0.6 is 0 Å². The molecule has 7 heteroatoms. The van der Waals surface area contributed by atoms with Crippen LogP contribution in [0.4, 0.5) is 0 Å². The van der Waals surface area contributed by atoms with Crippen LogP contribution in [0.25, 0.3) is 0 Å². The van der Waals surface area contributed by atoms with Crippen molar-refractivity contribution in [3.63, 3.8) is 0 Å². The second-order valence-corrected chi connectivity index (χ2v) is 8.38. The number of aromatic nitrogens is 1. The lowest BCUT2D eigenvalue weighted by atomic mass is 9.70. The molecular formula is C26H23NO6. The van der Waals surface area contributed by atoms with Gasteiger partial charge in [0.1, 0.15) is 17.4 Å². The van der Waals surface area contributed by atoms with Crippen LogP contribution in [0.3, 0.4) is 0 Å². The summed E-state index contributed by atoms with van der Waals surface area (Å²) in [5.74, 6) is -3.17. The van der Waals surface area contributed by atoms with Crippen molar-refractivity contribution in [1.82, 2.24) is 4.98 Å². The number of esters is 1. The van der Waals surface area contributed by atoms with E-state index in [4.69, 9.17) is 14.2 Å². The molecule has 4 atom stereocenters. The van der Waals surface area contributed by atoms with Crippen molar-refractivity contribution in [1.29, 1.82) is 0 Å². The number of hydrogen-bond donors (Lipinski definition) is 1. The summed E-state index contributed by atoms with van der Waals surface area (Å²) in [6.07, 6.45) is 2.87. The third-order valence-electron chi connectivity index (χ3n) is 6.77. The number of methoxy groups -OCH3 is 2. The number of carbonyl (C=O) groups is 2. The number of aryl methyl sites for hydroxylation is 1. The lowest BCUT2D eigenvalue weighted by Gasteiger charge is -2.39. The van der Waals surface area contributed by atoms with Gasteiger partial charge in [-0.3, -0.25) is 14.6 Å². The number of rotatable bonds is 4. The highest BCUT2D eigenvalue weighted by Crippen LogP contribution is 2.68. The molecule has 1 fully saturated rings. The van der Waals surface area contributed by atoms with Gasteiger partial charge < -0.3 is 19.3 Å². The van der Waals surface area contributed by atoms with Crippen molar-refractivity contribution in [3.8, 4) is 11.5 Å². The second-order valence-electron chi connectivity index (χ2n) is 8.38. The number of ketones is 1. The Morgan fingerprint density at radius 3 is 2.39 bits per heavy atom. The maximum absolute atomic E-state index is 14.1. The van der Waals surface area contributed by atoms with Gasteiger partial charge in [0.2, 0.25) is 5.60 Å². The molecular weight excluding hydrogens is 422 g/mol. The van der Waals surface area contributed by atoms with Crippen molar-refractivity contribution in [3.05, 3.63) is 89.2 Å². The Bertz CT molecular complexity index is 1240. The van der Waals surface area contributed by atoms with Gasteiger partial charge in [0, 0.05) is 0 Å². The predicted octanol–water partition coefficient (Wildman–Crippen LogP) is 3.03. The van der Waals surface area contributed by atoms with E-state index < -0.39 is 34.8 Å². The van der Waals surface area contributed by atoms with Gasteiger partial charge in [-0.1, -0.05) is 60.2 Å². The number of benzene rings is 2. The maximum Gasteiger partial charge on any atom is 0.317 e. The van der Waals surface area contributed by atoms with Gasteiger partial charge >= 0.3 is 5.97 Å². The van der Waals surface area contributed by atoms with Crippen LogP contribution in [0.15, 0.2) is 67.0 Å². The molecule has 2 aromatic carbocycles. The summed E-state index contributed by atoms with van der Waals surface area (Å²) in [6, 6.07) is 16.5. The Hall–Kier alpha value is -3.71. The average molecular weight is 445 g/mol. The number of hydrogen-bond acceptors (Lipinski definition) is 7. The molecule has 2 aliphatic rings. The van der Waals surface area contributed by atoms with Crippen molar-refractivity contribution >= 4 is 11.8 Å². The number of Topliss-reactive ketones (excluding diaryl/α,β-unsaturated/α-hetero) is 1. The molecule has 2 heterocycles. The zero-order valence-electron chi connectivity index (χ0n) is 18.4. The zero-order chi connectivity index (χ0) is 23.4. The molecule has 0 spiro atoms. The fraction of sp³-hybridized carbons (Fsp3) is 0.269. The minimum absolute atomic E-state index is 0.165. The molecule has 0 bridgehead atoms. The first kappa shape index (κ1) is 21.2. The SMILES string of the molecule is COC(=O)[C@H]1C(=O)[C@@]2(O)c3c(OC)cncc3O[C@@]2(c2ccc(C)cc2)[C@@H]1c1ccccc1. The van der Waals surface area contributed by atoms with Crippen molar-refractivity contribution in [2.75, 3.05) is 14.2 Å².